The Bertz CT molecular complexity index is 300. The minimum Gasteiger partial charge on any atom is -0.377 e. The zero-order chi connectivity index (χ0) is 12.3. The lowest BCUT2D eigenvalue weighted by Gasteiger charge is -2.04. The van der Waals surface area contributed by atoms with E-state index >= 15 is 0 Å². The number of rotatable bonds is 9. The molecule has 0 aliphatic rings. The number of hydrogen-bond acceptors (Lipinski definition) is 1. The smallest absolute Gasteiger partial charge is 0.0716 e. The molecule has 0 aliphatic heterocycles. The van der Waals surface area contributed by atoms with Gasteiger partial charge >= 0.3 is 0 Å². The lowest BCUT2D eigenvalue weighted by molar-refractivity contribution is 0.116. The summed E-state index contributed by atoms with van der Waals surface area (Å²) in [6.45, 7) is 7.59. The second-order valence-corrected chi connectivity index (χ2v) is 4.41. The van der Waals surface area contributed by atoms with E-state index in [-0.39, 0.29) is 0 Å². The largest absolute Gasteiger partial charge is 0.377 e. The molecule has 0 fully saturated rings. The standard InChI is InChI=1S/C16H24O/c1-3-5-6-7-8-13-17-14-16-11-9-15(4-2)10-12-16/h4,9-12H,2-3,5-8,13-14H2,1H3. The van der Waals surface area contributed by atoms with E-state index in [1.165, 1.54) is 37.7 Å². The fourth-order valence-corrected chi connectivity index (χ4v) is 1.75. The Morgan fingerprint density at radius 3 is 2.41 bits per heavy atom. The van der Waals surface area contributed by atoms with Crippen LogP contribution < -0.4 is 0 Å². The highest BCUT2D eigenvalue weighted by molar-refractivity contribution is 5.47. The van der Waals surface area contributed by atoms with Gasteiger partial charge in [-0.15, -0.1) is 0 Å². The topological polar surface area (TPSA) is 9.23 Å². The van der Waals surface area contributed by atoms with E-state index < -0.39 is 0 Å². The molecule has 0 N–H and O–H groups in total. The van der Waals surface area contributed by atoms with Crippen molar-refractivity contribution < 1.29 is 4.74 Å². The summed E-state index contributed by atoms with van der Waals surface area (Å²) in [6, 6.07) is 8.36. The minimum absolute atomic E-state index is 0.727. The predicted octanol–water partition coefficient (Wildman–Crippen LogP) is 4.82. The van der Waals surface area contributed by atoms with Crippen molar-refractivity contribution >= 4 is 6.08 Å². The molecule has 1 aromatic carbocycles. The Morgan fingerprint density at radius 1 is 1.06 bits per heavy atom. The average molecular weight is 232 g/mol. The van der Waals surface area contributed by atoms with Gasteiger partial charge in [-0.25, -0.2) is 0 Å². The second-order valence-electron chi connectivity index (χ2n) is 4.41. The van der Waals surface area contributed by atoms with E-state index in [2.05, 4.69) is 37.8 Å². The van der Waals surface area contributed by atoms with E-state index in [9.17, 15) is 0 Å². The van der Waals surface area contributed by atoms with Gasteiger partial charge in [0.15, 0.2) is 0 Å². The molecule has 0 atom stereocenters. The molecule has 1 rings (SSSR count). The number of benzene rings is 1. The molecule has 0 aromatic heterocycles. The fourth-order valence-electron chi connectivity index (χ4n) is 1.75. The number of hydrogen-bond donors (Lipinski definition) is 0. The van der Waals surface area contributed by atoms with E-state index in [1.54, 1.807) is 0 Å². The summed E-state index contributed by atoms with van der Waals surface area (Å²) >= 11 is 0. The molecule has 0 saturated carbocycles. The van der Waals surface area contributed by atoms with Crippen LogP contribution in [0.5, 0.6) is 0 Å². The molecule has 94 valence electrons. The fraction of sp³-hybridized carbons (Fsp3) is 0.500. The van der Waals surface area contributed by atoms with E-state index in [0.29, 0.717) is 0 Å². The van der Waals surface area contributed by atoms with Gasteiger partial charge in [-0.2, -0.15) is 0 Å². The first-order chi connectivity index (χ1) is 8.36. The maximum atomic E-state index is 5.65. The van der Waals surface area contributed by atoms with Crippen LogP contribution in [0, 0.1) is 0 Å². The molecule has 0 radical (unpaired) electrons. The van der Waals surface area contributed by atoms with Gasteiger partial charge in [0.05, 0.1) is 6.61 Å². The molecular weight excluding hydrogens is 208 g/mol. The highest BCUT2D eigenvalue weighted by Crippen LogP contribution is 2.08. The van der Waals surface area contributed by atoms with Gasteiger partial charge in [0.2, 0.25) is 0 Å². The average Bonchev–Trinajstić information content (AvgIpc) is 2.38. The van der Waals surface area contributed by atoms with E-state index in [0.717, 1.165) is 18.8 Å². The molecule has 1 nitrogen and oxygen atoms in total. The molecule has 1 aromatic rings. The van der Waals surface area contributed by atoms with Crippen LogP contribution in [-0.2, 0) is 11.3 Å². The Labute approximate surface area is 106 Å². The van der Waals surface area contributed by atoms with Crippen LogP contribution in [0.1, 0.15) is 50.2 Å². The van der Waals surface area contributed by atoms with Crippen LogP contribution in [-0.4, -0.2) is 6.61 Å². The summed E-state index contributed by atoms with van der Waals surface area (Å²) in [4.78, 5) is 0. The third-order valence-electron chi connectivity index (χ3n) is 2.88. The lowest BCUT2D eigenvalue weighted by Crippen LogP contribution is -1.95. The summed E-state index contributed by atoms with van der Waals surface area (Å²) in [5.74, 6) is 0. The van der Waals surface area contributed by atoms with Gasteiger partial charge in [0, 0.05) is 6.61 Å². The molecule has 0 bridgehead atoms. The highest BCUT2D eigenvalue weighted by Gasteiger charge is 1.94. The van der Waals surface area contributed by atoms with Crippen LogP contribution in [0.3, 0.4) is 0 Å². The molecule has 0 amide bonds. The van der Waals surface area contributed by atoms with Crippen molar-refractivity contribution in [2.75, 3.05) is 6.61 Å². The third-order valence-corrected chi connectivity index (χ3v) is 2.88. The molecule has 1 heteroatoms. The predicted molar refractivity (Wildman–Crippen MR) is 74.9 cm³/mol. The summed E-state index contributed by atoms with van der Waals surface area (Å²) in [5, 5.41) is 0. The second kappa shape index (κ2) is 9.00. The van der Waals surface area contributed by atoms with Gasteiger partial charge in [0.25, 0.3) is 0 Å². The quantitative estimate of drug-likeness (QED) is 0.555. The Balaban J connectivity index is 2.07. The molecule has 0 spiro atoms. The molecule has 0 heterocycles. The van der Waals surface area contributed by atoms with Gasteiger partial charge < -0.3 is 4.74 Å². The van der Waals surface area contributed by atoms with Crippen LogP contribution in [0.15, 0.2) is 30.8 Å². The van der Waals surface area contributed by atoms with Crippen molar-refractivity contribution in [2.45, 2.75) is 45.6 Å². The number of unbranched alkanes of at least 4 members (excludes halogenated alkanes) is 4. The summed E-state index contributed by atoms with van der Waals surface area (Å²) in [7, 11) is 0. The monoisotopic (exact) mass is 232 g/mol. The first-order valence-corrected chi connectivity index (χ1v) is 6.66. The lowest BCUT2D eigenvalue weighted by atomic mass is 10.1. The van der Waals surface area contributed by atoms with E-state index in [4.69, 9.17) is 4.74 Å². The first-order valence-electron chi connectivity index (χ1n) is 6.66. The van der Waals surface area contributed by atoms with Crippen molar-refractivity contribution in [2.24, 2.45) is 0 Å². The highest BCUT2D eigenvalue weighted by atomic mass is 16.5. The maximum Gasteiger partial charge on any atom is 0.0716 e. The molecule has 0 unspecified atom stereocenters. The molecule has 0 saturated heterocycles. The van der Waals surface area contributed by atoms with Crippen molar-refractivity contribution in [3.05, 3.63) is 42.0 Å². The van der Waals surface area contributed by atoms with Crippen molar-refractivity contribution in [3.8, 4) is 0 Å². The van der Waals surface area contributed by atoms with Gasteiger partial charge in [-0.1, -0.05) is 69.5 Å². The zero-order valence-corrected chi connectivity index (χ0v) is 11.0. The van der Waals surface area contributed by atoms with Gasteiger partial charge in [-0.05, 0) is 17.5 Å². The SMILES string of the molecule is C=Cc1ccc(COCCCCCCC)cc1. The first kappa shape index (κ1) is 14.0. The van der Waals surface area contributed by atoms with Crippen LogP contribution in [0.2, 0.25) is 0 Å². The van der Waals surface area contributed by atoms with Gasteiger partial charge in [0.1, 0.15) is 0 Å². The van der Waals surface area contributed by atoms with Crippen molar-refractivity contribution in [1.82, 2.24) is 0 Å². The molecular formula is C16H24O. The Hall–Kier alpha value is -1.08. The van der Waals surface area contributed by atoms with Crippen molar-refractivity contribution in [1.29, 1.82) is 0 Å². The third kappa shape index (κ3) is 6.28. The normalized spacial score (nSPS) is 10.4. The van der Waals surface area contributed by atoms with Gasteiger partial charge in [-0.3, -0.25) is 0 Å². The van der Waals surface area contributed by atoms with E-state index in [1.807, 2.05) is 6.08 Å². The van der Waals surface area contributed by atoms with Crippen LogP contribution in [0.25, 0.3) is 6.08 Å². The summed E-state index contributed by atoms with van der Waals surface area (Å²) < 4.78 is 5.65. The Kier molecular flexibility index (Phi) is 7.40. The number of ether oxygens (including phenoxy) is 1. The van der Waals surface area contributed by atoms with Crippen molar-refractivity contribution in [3.63, 3.8) is 0 Å². The summed E-state index contributed by atoms with van der Waals surface area (Å²) in [5.41, 5.74) is 2.40. The molecule has 0 aliphatic carbocycles. The van der Waals surface area contributed by atoms with Crippen LogP contribution in [0.4, 0.5) is 0 Å². The minimum atomic E-state index is 0.727. The zero-order valence-electron chi connectivity index (χ0n) is 11.0. The Morgan fingerprint density at radius 2 is 1.76 bits per heavy atom. The molecule has 17 heavy (non-hydrogen) atoms. The summed E-state index contributed by atoms with van der Waals surface area (Å²) in [6.07, 6.45) is 8.33. The van der Waals surface area contributed by atoms with Crippen LogP contribution >= 0.6 is 0 Å². The maximum absolute atomic E-state index is 5.65.